The van der Waals surface area contributed by atoms with Crippen LogP contribution in [0.25, 0.3) is 16.9 Å². The molecule has 4 rings (SSSR count). The van der Waals surface area contributed by atoms with Gasteiger partial charge in [0.1, 0.15) is 0 Å². The fourth-order valence-electron chi connectivity index (χ4n) is 2.84. The molecule has 1 aliphatic heterocycles. The van der Waals surface area contributed by atoms with E-state index in [1.165, 1.54) is 11.8 Å². The Bertz CT molecular complexity index is 1030. The van der Waals surface area contributed by atoms with Crippen LogP contribution < -0.4 is 11.0 Å². The molecule has 3 aromatic rings. The molecule has 0 saturated heterocycles. The zero-order valence-corrected chi connectivity index (χ0v) is 15.0. The lowest BCUT2D eigenvalue weighted by molar-refractivity contribution is 0.852. The van der Waals surface area contributed by atoms with Crippen molar-refractivity contribution in [2.24, 2.45) is 10.1 Å². The smallest absolute Gasteiger partial charge is 0.281 e. The molecule has 0 atom stereocenters. The Hall–Kier alpha value is -3.06. The summed E-state index contributed by atoms with van der Waals surface area (Å²) >= 11 is 1.53. The summed E-state index contributed by atoms with van der Waals surface area (Å²) < 4.78 is 1.56. The lowest BCUT2D eigenvalue weighted by Gasteiger charge is -2.13. The van der Waals surface area contributed by atoms with Crippen molar-refractivity contribution in [3.8, 4) is 16.9 Å². The average Bonchev–Trinajstić information content (AvgIpc) is 3.06. The number of aliphatic imine (C=N–C) groups is 1. The van der Waals surface area contributed by atoms with Gasteiger partial charge in [-0.3, -0.25) is 20.3 Å². The third-order valence-corrected chi connectivity index (χ3v) is 5.06. The number of para-hydroxylation sites is 1. The maximum atomic E-state index is 13.2. The number of aromatic nitrogens is 2. The molecule has 0 aliphatic carbocycles. The van der Waals surface area contributed by atoms with Crippen LogP contribution in [0.4, 0.5) is 0 Å². The number of rotatable bonds is 3. The van der Waals surface area contributed by atoms with Crippen molar-refractivity contribution >= 4 is 22.6 Å². The van der Waals surface area contributed by atoms with Gasteiger partial charge in [0.2, 0.25) is 0 Å². The molecule has 0 amide bonds. The normalized spacial score (nSPS) is 15.6. The molecule has 2 N–H and O–H groups in total. The van der Waals surface area contributed by atoms with Crippen molar-refractivity contribution < 1.29 is 0 Å². The Morgan fingerprint density at radius 3 is 2.38 bits per heavy atom. The van der Waals surface area contributed by atoms with Crippen LogP contribution >= 0.6 is 11.8 Å². The van der Waals surface area contributed by atoms with E-state index in [-0.39, 0.29) is 5.56 Å². The van der Waals surface area contributed by atoms with Gasteiger partial charge in [0, 0.05) is 18.4 Å². The highest BCUT2D eigenvalue weighted by Gasteiger charge is 2.24. The number of H-pyrrole nitrogens is 1. The Labute approximate surface area is 154 Å². The van der Waals surface area contributed by atoms with Crippen molar-refractivity contribution in [2.45, 2.75) is 0 Å². The highest BCUT2D eigenvalue weighted by Crippen LogP contribution is 2.23. The van der Waals surface area contributed by atoms with E-state index in [1.807, 2.05) is 60.7 Å². The minimum Gasteiger partial charge on any atom is -0.290 e. The number of hydrogen-bond acceptors (Lipinski definition) is 4. The maximum Gasteiger partial charge on any atom is 0.281 e. The third kappa shape index (κ3) is 2.97. The molecular weight excluding hydrogens is 346 g/mol. The second kappa shape index (κ2) is 7.05. The fraction of sp³-hybridized carbons (Fsp3) is 0.105. The van der Waals surface area contributed by atoms with Crippen LogP contribution in [0.2, 0.25) is 0 Å². The predicted molar refractivity (Wildman–Crippen MR) is 107 cm³/mol. The van der Waals surface area contributed by atoms with Gasteiger partial charge < -0.3 is 0 Å². The summed E-state index contributed by atoms with van der Waals surface area (Å²) in [5.41, 5.74) is 6.57. The largest absolute Gasteiger partial charge is 0.290 e. The number of hydrogen-bond donors (Lipinski definition) is 2. The number of nitrogens with one attached hydrogen (secondary N) is 2. The van der Waals surface area contributed by atoms with E-state index in [2.05, 4.69) is 20.6 Å². The zero-order valence-electron chi connectivity index (χ0n) is 14.1. The highest BCUT2D eigenvalue weighted by molar-refractivity contribution is 8.14. The van der Waals surface area contributed by atoms with E-state index >= 15 is 0 Å². The third-order valence-electron chi connectivity index (χ3n) is 4.09. The van der Waals surface area contributed by atoms with E-state index < -0.39 is 0 Å². The SMILES string of the molecule is CN=C1NN=C(c2c(-c3ccccc3)[nH]n(-c3ccccc3)c2=O)CS1. The highest BCUT2D eigenvalue weighted by atomic mass is 32.2. The molecule has 1 aromatic heterocycles. The molecule has 0 saturated carbocycles. The molecule has 2 aromatic carbocycles. The summed E-state index contributed by atoms with van der Waals surface area (Å²) in [6, 6.07) is 19.3. The predicted octanol–water partition coefficient (Wildman–Crippen LogP) is 2.86. The van der Waals surface area contributed by atoms with Gasteiger partial charge in [-0.15, -0.1) is 0 Å². The Morgan fingerprint density at radius 2 is 1.77 bits per heavy atom. The number of thioether (sulfide) groups is 1. The first-order valence-electron chi connectivity index (χ1n) is 8.16. The summed E-state index contributed by atoms with van der Waals surface area (Å²) in [4.78, 5) is 17.3. The number of nitrogens with zero attached hydrogens (tertiary/aromatic N) is 3. The maximum absolute atomic E-state index is 13.2. The molecule has 1 aliphatic rings. The van der Waals surface area contributed by atoms with E-state index in [4.69, 9.17) is 0 Å². The molecule has 0 unspecified atom stereocenters. The molecule has 0 spiro atoms. The zero-order chi connectivity index (χ0) is 17.9. The van der Waals surface area contributed by atoms with Crippen LogP contribution in [0.5, 0.6) is 0 Å². The Balaban J connectivity index is 1.91. The van der Waals surface area contributed by atoms with Gasteiger partial charge in [-0.05, 0) is 12.1 Å². The van der Waals surface area contributed by atoms with Gasteiger partial charge in [0.25, 0.3) is 5.56 Å². The molecule has 7 heteroatoms. The summed E-state index contributed by atoms with van der Waals surface area (Å²) in [7, 11) is 1.71. The molecular formula is C19H17N5OS. The monoisotopic (exact) mass is 363 g/mol. The quantitative estimate of drug-likeness (QED) is 0.751. The fourth-order valence-corrected chi connectivity index (χ4v) is 3.56. The van der Waals surface area contributed by atoms with Crippen molar-refractivity contribution in [3.63, 3.8) is 0 Å². The summed E-state index contributed by atoms with van der Waals surface area (Å²) in [5, 5.41) is 8.39. The summed E-state index contributed by atoms with van der Waals surface area (Å²) in [6.07, 6.45) is 0. The number of benzene rings is 2. The minimum atomic E-state index is -0.118. The molecule has 0 bridgehead atoms. The van der Waals surface area contributed by atoms with E-state index in [0.717, 1.165) is 22.1 Å². The van der Waals surface area contributed by atoms with Crippen LogP contribution in [0.15, 0.2) is 75.6 Å². The number of aromatic amines is 1. The average molecular weight is 363 g/mol. The van der Waals surface area contributed by atoms with Crippen LogP contribution in [0, 0.1) is 0 Å². The van der Waals surface area contributed by atoms with Gasteiger partial charge >= 0.3 is 0 Å². The standard InChI is InChI=1S/C19H17N5OS/c1-20-19-22-21-15(12-26-19)16-17(13-8-4-2-5-9-13)23-24(18(16)25)14-10-6-3-7-11-14/h2-11,23H,12H2,1H3,(H,20,22). The van der Waals surface area contributed by atoms with Crippen LogP contribution in [-0.2, 0) is 0 Å². The van der Waals surface area contributed by atoms with Gasteiger partial charge in [-0.1, -0.05) is 60.3 Å². The van der Waals surface area contributed by atoms with Crippen molar-refractivity contribution in [2.75, 3.05) is 12.8 Å². The molecule has 0 radical (unpaired) electrons. The lowest BCUT2D eigenvalue weighted by Crippen LogP contribution is -2.29. The minimum absolute atomic E-state index is 0.118. The first kappa shape index (κ1) is 16.4. The van der Waals surface area contributed by atoms with Crippen LogP contribution in [0.3, 0.4) is 0 Å². The van der Waals surface area contributed by atoms with E-state index in [1.54, 1.807) is 11.7 Å². The summed E-state index contributed by atoms with van der Waals surface area (Å²) in [6.45, 7) is 0. The first-order valence-corrected chi connectivity index (χ1v) is 9.15. The second-order valence-corrected chi connectivity index (χ2v) is 6.66. The van der Waals surface area contributed by atoms with Crippen LogP contribution in [-0.4, -0.2) is 33.5 Å². The van der Waals surface area contributed by atoms with Gasteiger partial charge in [-0.25, -0.2) is 4.68 Å². The molecule has 130 valence electrons. The van der Waals surface area contributed by atoms with Crippen LogP contribution in [0.1, 0.15) is 5.56 Å². The second-order valence-electron chi connectivity index (χ2n) is 5.69. The summed E-state index contributed by atoms with van der Waals surface area (Å²) in [5.74, 6) is 0.585. The number of amidine groups is 1. The lowest BCUT2D eigenvalue weighted by atomic mass is 10.1. The number of hydrazone groups is 1. The molecule has 6 nitrogen and oxygen atoms in total. The molecule has 26 heavy (non-hydrogen) atoms. The van der Waals surface area contributed by atoms with E-state index in [0.29, 0.717) is 17.0 Å². The van der Waals surface area contributed by atoms with Crippen molar-refractivity contribution in [1.82, 2.24) is 15.2 Å². The van der Waals surface area contributed by atoms with E-state index in [9.17, 15) is 4.79 Å². The van der Waals surface area contributed by atoms with Crippen molar-refractivity contribution in [3.05, 3.63) is 76.6 Å². The first-order chi connectivity index (χ1) is 12.8. The topological polar surface area (TPSA) is 74.5 Å². The Morgan fingerprint density at radius 1 is 1.08 bits per heavy atom. The van der Waals surface area contributed by atoms with Gasteiger partial charge in [0.15, 0.2) is 5.17 Å². The Kier molecular flexibility index (Phi) is 4.45. The van der Waals surface area contributed by atoms with Gasteiger partial charge in [-0.2, -0.15) is 5.10 Å². The van der Waals surface area contributed by atoms with Crippen molar-refractivity contribution in [1.29, 1.82) is 0 Å². The molecule has 0 fully saturated rings. The van der Waals surface area contributed by atoms with Gasteiger partial charge in [0.05, 0.1) is 22.7 Å². The molecule has 2 heterocycles.